The first-order valence-electron chi connectivity index (χ1n) is 9.02. The quantitative estimate of drug-likeness (QED) is 0.616. The van der Waals surface area contributed by atoms with E-state index in [9.17, 15) is 5.11 Å². The smallest absolute Gasteiger partial charge is 0.171 e. The Bertz CT molecular complexity index is 396. The highest BCUT2D eigenvalue weighted by Crippen LogP contribution is 2.39. The number of rotatable bonds is 5. The number of aliphatic hydroxyl groups excluding tert-OH is 1. The van der Waals surface area contributed by atoms with E-state index in [1.54, 1.807) is 0 Å². The molecule has 0 saturated carbocycles. The average molecular weight is 343 g/mol. The van der Waals surface area contributed by atoms with Gasteiger partial charge < -0.3 is 19.0 Å². The summed E-state index contributed by atoms with van der Waals surface area (Å²) in [4.78, 5) is 0. The molecule has 2 aliphatic heterocycles. The van der Waals surface area contributed by atoms with Crippen LogP contribution in [0.1, 0.15) is 66.2 Å². The van der Waals surface area contributed by atoms with Crippen molar-refractivity contribution < 1.29 is 19.0 Å². The zero-order chi connectivity index (χ0) is 16.9. The fourth-order valence-electron chi connectivity index (χ4n) is 3.24. The van der Waals surface area contributed by atoms with Crippen LogP contribution in [0.4, 0.5) is 0 Å². The van der Waals surface area contributed by atoms with E-state index in [1.165, 1.54) is 6.42 Å². The molecule has 0 aromatic rings. The van der Waals surface area contributed by atoms with Gasteiger partial charge in [0.05, 0.1) is 25.4 Å². The van der Waals surface area contributed by atoms with Crippen molar-refractivity contribution in [3.8, 4) is 0 Å². The Hall–Kier alpha value is -0.203. The Morgan fingerprint density at radius 3 is 2.78 bits per heavy atom. The second-order valence-electron chi connectivity index (χ2n) is 8.33. The maximum absolute atomic E-state index is 9.18. The Morgan fingerprint density at radius 1 is 1.39 bits per heavy atom. The molecule has 2 heterocycles. The third-order valence-corrected chi connectivity index (χ3v) is 6.00. The normalized spacial score (nSPS) is 33.7. The maximum atomic E-state index is 9.18. The van der Waals surface area contributed by atoms with Crippen LogP contribution in [0.5, 0.6) is 0 Å². The molecule has 23 heavy (non-hydrogen) atoms. The largest absolute Gasteiger partial charge is 0.420 e. The van der Waals surface area contributed by atoms with Gasteiger partial charge in [-0.1, -0.05) is 32.4 Å². The van der Waals surface area contributed by atoms with Crippen LogP contribution in [0.2, 0.25) is 5.04 Å². The molecule has 5 heteroatoms. The molecule has 0 bridgehead atoms. The lowest BCUT2D eigenvalue weighted by Gasteiger charge is -2.46. The second kappa shape index (κ2) is 8.25. The van der Waals surface area contributed by atoms with Gasteiger partial charge in [-0.15, -0.1) is 0 Å². The van der Waals surface area contributed by atoms with Gasteiger partial charge in [0.2, 0.25) is 0 Å². The van der Waals surface area contributed by atoms with Crippen molar-refractivity contribution in [1.82, 2.24) is 0 Å². The standard InChI is InChI=1S/C18H34O4Si/c1-14(13-19)7-8-15-11-16(22-23-17(2,3)4)12-18(21-15)9-5-6-10-20-18/h7,15-16,19H,5-6,8-13,23H2,1-4H3. The molecule has 2 rings (SSSR count). The SMILES string of the molecule is CC(=CCC1CC(O[SiH2]C(C)(C)C)CC2(CCCCO2)O1)CO. The maximum Gasteiger partial charge on any atom is 0.171 e. The van der Waals surface area contributed by atoms with E-state index in [2.05, 4.69) is 26.8 Å². The van der Waals surface area contributed by atoms with E-state index >= 15 is 0 Å². The zero-order valence-electron chi connectivity index (χ0n) is 15.3. The van der Waals surface area contributed by atoms with Crippen molar-refractivity contribution in [2.45, 2.75) is 89.3 Å². The summed E-state index contributed by atoms with van der Waals surface area (Å²) in [5.41, 5.74) is 0.999. The van der Waals surface area contributed by atoms with Gasteiger partial charge in [-0.25, -0.2) is 0 Å². The summed E-state index contributed by atoms with van der Waals surface area (Å²) in [5, 5.41) is 9.49. The minimum absolute atomic E-state index is 0.116. The van der Waals surface area contributed by atoms with Crippen LogP contribution in [-0.4, -0.2) is 46.1 Å². The van der Waals surface area contributed by atoms with E-state index < -0.39 is 15.6 Å². The van der Waals surface area contributed by atoms with Gasteiger partial charge in [-0.3, -0.25) is 0 Å². The first-order chi connectivity index (χ1) is 10.8. The average Bonchev–Trinajstić information content (AvgIpc) is 2.50. The van der Waals surface area contributed by atoms with Gasteiger partial charge >= 0.3 is 0 Å². The van der Waals surface area contributed by atoms with Crippen molar-refractivity contribution in [2.24, 2.45) is 0 Å². The summed E-state index contributed by atoms with van der Waals surface area (Å²) in [6.45, 7) is 9.64. The Labute approximate surface area is 143 Å². The van der Waals surface area contributed by atoms with Crippen molar-refractivity contribution in [3.63, 3.8) is 0 Å². The minimum atomic E-state index is -0.571. The monoisotopic (exact) mass is 342 g/mol. The van der Waals surface area contributed by atoms with Crippen molar-refractivity contribution >= 4 is 9.76 Å². The highest BCUT2D eigenvalue weighted by Gasteiger charge is 2.43. The molecular formula is C18H34O4Si. The van der Waals surface area contributed by atoms with Gasteiger partial charge in [0, 0.05) is 12.8 Å². The van der Waals surface area contributed by atoms with Crippen molar-refractivity contribution in [1.29, 1.82) is 0 Å². The fourth-order valence-corrected chi connectivity index (χ4v) is 4.23. The molecule has 0 aliphatic carbocycles. The van der Waals surface area contributed by atoms with Crippen LogP contribution < -0.4 is 0 Å². The lowest BCUT2D eigenvalue weighted by molar-refractivity contribution is -0.306. The molecule has 3 unspecified atom stereocenters. The molecule has 2 saturated heterocycles. The molecule has 0 amide bonds. The molecular weight excluding hydrogens is 308 g/mol. The molecule has 134 valence electrons. The van der Waals surface area contributed by atoms with Crippen LogP contribution in [0.3, 0.4) is 0 Å². The molecule has 1 spiro atoms. The number of aliphatic hydroxyl groups is 1. The van der Waals surface area contributed by atoms with Crippen LogP contribution in [0.15, 0.2) is 11.6 Å². The predicted molar refractivity (Wildman–Crippen MR) is 95.2 cm³/mol. The molecule has 0 radical (unpaired) electrons. The lowest BCUT2D eigenvalue weighted by Crippen LogP contribution is -2.50. The van der Waals surface area contributed by atoms with E-state index in [4.69, 9.17) is 13.9 Å². The van der Waals surface area contributed by atoms with E-state index in [0.29, 0.717) is 5.04 Å². The lowest BCUT2D eigenvalue weighted by atomic mass is 9.91. The predicted octanol–water partition coefficient (Wildman–Crippen LogP) is 3.08. The molecule has 0 aromatic carbocycles. The summed E-state index contributed by atoms with van der Waals surface area (Å²) in [5.74, 6) is -0.431. The third-order valence-electron chi connectivity index (χ3n) is 4.49. The Kier molecular flexibility index (Phi) is 6.86. The van der Waals surface area contributed by atoms with Gasteiger partial charge in [0.15, 0.2) is 15.6 Å². The summed E-state index contributed by atoms with van der Waals surface area (Å²) >= 11 is 0. The van der Waals surface area contributed by atoms with Crippen LogP contribution >= 0.6 is 0 Å². The topological polar surface area (TPSA) is 47.9 Å². The van der Waals surface area contributed by atoms with E-state index in [1.807, 2.05) is 6.92 Å². The van der Waals surface area contributed by atoms with Gasteiger partial charge in [0.1, 0.15) is 0 Å². The van der Waals surface area contributed by atoms with Crippen LogP contribution in [-0.2, 0) is 13.9 Å². The molecule has 4 nitrogen and oxygen atoms in total. The van der Waals surface area contributed by atoms with Crippen molar-refractivity contribution in [2.75, 3.05) is 13.2 Å². The summed E-state index contributed by atoms with van der Waals surface area (Å²) in [6, 6.07) is 0. The summed E-state index contributed by atoms with van der Waals surface area (Å²) < 4.78 is 18.8. The van der Waals surface area contributed by atoms with Gasteiger partial charge in [-0.05, 0) is 37.6 Å². The molecule has 1 N–H and O–H groups in total. The van der Waals surface area contributed by atoms with Crippen LogP contribution in [0.25, 0.3) is 0 Å². The fraction of sp³-hybridized carbons (Fsp3) is 0.889. The first kappa shape index (κ1) is 19.1. The first-order valence-corrected chi connectivity index (χ1v) is 10.3. The minimum Gasteiger partial charge on any atom is -0.420 e. The van der Waals surface area contributed by atoms with Crippen LogP contribution in [0, 0.1) is 0 Å². The Morgan fingerprint density at radius 2 is 2.17 bits per heavy atom. The third kappa shape index (κ3) is 6.31. The van der Waals surface area contributed by atoms with Gasteiger partial charge in [0.25, 0.3) is 0 Å². The number of ether oxygens (including phenoxy) is 2. The Balaban J connectivity index is 2.01. The summed E-state index contributed by atoms with van der Waals surface area (Å²) in [7, 11) is -0.571. The zero-order valence-corrected chi connectivity index (χ0v) is 16.7. The highest BCUT2D eigenvalue weighted by atomic mass is 28.2. The van der Waals surface area contributed by atoms with Crippen molar-refractivity contribution in [3.05, 3.63) is 11.6 Å². The molecule has 3 atom stereocenters. The molecule has 0 aromatic heterocycles. The number of hydrogen-bond acceptors (Lipinski definition) is 4. The molecule has 2 fully saturated rings. The number of hydrogen-bond donors (Lipinski definition) is 1. The van der Waals surface area contributed by atoms with Gasteiger partial charge in [-0.2, -0.15) is 0 Å². The molecule has 2 aliphatic rings. The second-order valence-corrected chi connectivity index (χ2v) is 11.1. The summed E-state index contributed by atoms with van der Waals surface area (Å²) in [6.07, 6.45) is 8.37. The highest BCUT2D eigenvalue weighted by molar-refractivity contribution is 6.31. The van der Waals surface area contributed by atoms with E-state index in [0.717, 1.165) is 44.3 Å². The van der Waals surface area contributed by atoms with E-state index in [-0.39, 0.29) is 18.8 Å².